The van der Waals surface area contributed by atoms with E-state index >= 15 is 0 Å². The average Bonchev–Trinajstić information content (AvgIpc) is 2.47. The Morgan fingerprint density at radius 2 is 1.86 bits per heavy atom. The molecule has 0 aliphatic heterocycles. The topological polar surface area (TPSA) is 34.1 Å². The number of hydrogen-bond acceptors (Lipinski definition) is 3. The Balaban J connectivity index is 1.82. The largest absolute Gasteiger partial charge is 0.492 e. The van der Waals surface area contributed by atoms with Crippen LogP contribution in [0.1, 0.15) is 31.1 Å². The molecule has 0 fully saturated rings. The predicted octanol–water partition coefficient (Wildman–Crippen LogP) is 3.65. The number of aromatic nitrogens is 1. The zero-order valence-electron chi connectivity index (χ0n) is 12.6. The molecular formula is C17H21FN2O. The molecule has 0 saturated carbocycles. The first-order valence-electron chi connectivity index (χ1n) is 7.11. The number of halogens is 1. The van der Waals surface area contributed by atoms with Crippen LogP contribution in [0.3, 0.4) is 0 Å². The van der Waals surface area contributed by atoms with Crippen LogP contribution in [0.25, 0.3) is 0 Å². The van der Waals surface area contributed by atoms with Crippen molar-refractivity contribution < 1.29 is 9.13 Å². The number of hydrogen-bond donors (Lipinski definition) is 1. The number of nitrogens with one attached hydrogen (secondary N) is 1. The lowest BCUT2D eigenvalue weighted by molar-refractivity contribution is 0.263. The van der Waals surface area contributed by atoms with Gasteiger partial charge in [0.15, 0.2) is 0 Å². The van der Waals surface area contributed by atoms with E-state index < -0.39 is 0 Å². The highest BCUT2D eigenvalue weighted by molar-refractivity contribution is 5.26. The molecular weight excluding hydrogens is 267 g/mol. The van der Waals surface area contributed by atoms with Gasteiger partial charge in [-0.25, -0.2) is 4.39 Å². The predicted molar refractivity (Wildman–Crippen MR) is 81.9 cm³/mol. The Morgan fingerprint density at radius 3 is 2.48 bits per heavy atom. The Bertz CT molecular complexity index is 554. The second-order valence-corrected chi connectivity index (χ2v) is 5.31. The zero-order chi connectivity index (χ0) is 15.2. The molecule has 112 valence electrons. The monoisotopic (exact) mass is 288 g/mol. The summed E-state index contributed by atoms with van der Waals surface area (Å²) in [6, 6.07) is 11.3. The van der Waals surface area contributed by atoms with Crippen molar-refractivity contribution in [3.05, 3.63) is 59.7 Å². The first-order chi connectivity index (χ1) is 10.0. The van der Waals surface area contributed by atoms with Gasteiger partial charge in [-0.15, -0.1) is 0 Å². The van der Waals surface area contributed by atoms with Crippen molar-refractivity contribution in [1.82, 2.24) is 10.3 Å². The van der Waals surface area contributed by atoms with Crippen LogP contribution in [0.2, 0.25) is 0 Å². The summed E-state index contributed by atoms with van der Waals surface area (Å²) in [7, 11) is 0. The summed E-state index contributed by atoms with van der Waals surface area (Å²) in [5.41, 5.74) is 2.03. The maximum Gasteiger partial charge on any atom is 0.141 e. The van der Waals surface area contributed by atoms with Gasteiger partial charge in [0.05, 0.1) is 11.9 Å². The number of aryl methyl sites for hydroxylation is 1. The molecule has 1 heterocycles. The summed E-state index contributed by atoms with van der Waals surface area (Å²) < 4.78 is 18.6. The van der Waals surface area contributed by atoms with Crippen molar-refractivity contribution >= 4 is 0 Å². The van der Waals surface area contributed by atoms with E-state index in [2.05, 4.69) is 10.3 Å². The first kappa shape index (κ1) is 15.4. The third-order valence-corrected chi connectivity index (χ3v) is 3.25. The highest BCUT2D eigenvalue weighted by Crippen LogP contribution is 2.13. The fraction of sp³-hybridized carbons (Fsp3) is 0.353. The third kappa shape index (κ3) is 4.83. The smallest absolute Gasteiger partial charge is 0.141 e. The minimum absolute atomic E-state index is 0.0437. The summed E-state index contributed by atoms with van der Waals surface area (Å²) in [4.78, 5) is 4.08. The van der Waals surface area contributed by atoms with E-state index in [0.717, 1.165) is 11.4 Å². The molecule has 1 N–H and O–H groups in total. The van der Waals surface area contributed by atoms with E-state index in [4.69, 9.17) is 4.74 Å². The molecule has 2 unspecified atom stereocenters. The van der Waals surface area contributed by atoms with Crippen molar-refractivity contribution in [2.45, 2.75) is 32.9 Å². The third-order valence-electron chi connectivity index (χ3n) is 3.25. The van der Waals surface area contributed by atoms with Crippen LogP contribution in [0.15, 0.2) is 42.6 Å². The van der Waals surface area contributed by atoms with Crippen LogP contribution >= 0.6 is 0 Å². The molecule has 21 heavy (non-hydrogen) atoms. The van der Waals surface area contributed by atoms with Crippen molar-refractivity contribution in [1.29, 1.82) is 0 Å². The average molecular weight is 288 g/mol. The normalized spacial score (nSPS) is 13.7. The Morgan fingerprint density at radius 1 is 1.14 bits per heavy atom. The van der Waals surface area contributed by atoms with E-state index in [0.29, 0.717) is 6.61 Å². The lowest BCUT2D eigenvalue weighted by Gasteiger charge is -2.20. The van der Waals surface area contributed by atoms with Gasteiger partial charge in [0.2, 0.25) is 0 Å². The van der Waals surface area contributed by atoms with Gasteiger partial charge in [0.1, 0.15) is 18.2 Å². The molecule has 0 aliphatic rings. The quantitative estimate of drug-likeness (QED) is 0.881. The van der Waals surface area contributed by atoms with Gasteiger partial charge in [0.25, 0.3) is 0 Å². The summed E-state index contributed by atoms with van der Waals surface area (Å²) in [5.74, 6) is 0.545. The lowest BCUT2D eigenvalue weighted by Crippen LogP contribution is -2.34. The number of pyridine rings is 1. The van der Waals surface area contributed by atoms with Crippen molar-refractivity contribution in [2.24, 2.45) is 0 Å². The van der Waals surface area contributed by atoms with Gasteiger partial charge in [-0.1, -0.05) is 17.7 Å². The Hall–Kier alpha value is -1.94. The van der Waals surface area contributed by atoms with Gasteiger partial charge in [-0.05, 0) is 45.0 Å². The minimum atomic E-state index is -0.318. The molecule has 2 aromatic rings. The summed E-state index contributed by atoms with van der Waals surface area (Å²) in [6.07, 6.45) is 1.24. The van der Waals surface area contributed by atoms with E-state index in [9.17, 15) is 4.39 Å². The van der Waals surface area contributed by atoms with Crippen LogP contribution in [0, 0.1) is 12.7 Å². The standard InChI is InChI=1S/C17H21FN2O/c1-12-4-7-16(8-5-12)21-11-13(2)20-14(3)17-9-6-15(18)10-19-17/h4-10,13-14,20H,11H2,1-3H3. The van der Waals surface area contributed by atoms with Gasteiger partial charge in [0, 0.05) is 12.1 Å². The van der Waals surface area contributed by atoms with Crippen LogP contribution in [-0.4, -0.2) is 17.6 Å². The lowest BCUT2D eigenvalue weighted by atomic mass is 10.2. The fourth-order valence-corrected chi connectivity index (χ4v) is 2.06. The van der Waals surface area contributed by atoms with Gasteiger partial charge in [-0.3, -0.25) is 4.98 Å². The molecule has 2 rings (SSSR count). The second-order valence-electron chi connectivity index (χ2n) is 5.31. The maximum absolute atomic E-state index is 12.8. The molecule has 0 radical (unpaired) electrons. The van der Waals surface area contributed by atoms with Crippen molar-refractivity contribution in [2.75, 3.05) is 6.61 Å². The number of rotatable bonds is 6. The molecule has 3 nitrogen and oxygen atoms in total. The summed E-state index contributed by atoms with van der Waals surface area (Å²) in [5, 5.41) is 3.39. The Kier molecular flexibility index (Phi) is 5.28. The minimum Gasteiger partial charge on any atom is -0.492 e. The molecule has 1 aromatic carbocycles. The molecule has 0 bridgehead atoms. The molecule has 0 saturated heterocycles. The number of benzene rings is 1. The molecule has 0 amide bonds. The van der Waals surface area contributed by atoms with Crippen LogP contribution in [-0.2, 0) is 0 Å². The second kappa shape index (κ2) is 7.18. The summed E-state index contributed by atoms with van der Waals surface area (Å²) >= 11 is 0. The van der Waals surface area contributed by atoms with Gasteiger partial charge in [-0.2, -0.15) is 0 Å². The SMILES string of the molecule is Cc1ccc(OCC(C)NC(C)c2ccc(F)cn2)cc1. The number of nitrogens with zero attached hydrogens (tertiary/aromatic N) is 1. The first-order valence-corrected chi connectivity index (χ1v) is 7.11. The zero-order valence-corrected chi connectivity index (χ0v) is 12.6. The molecule has 2 atom stereocenters. The summed E-state index contributed by atoms with van der Waals surface area (Å²) in [6.45, 7) is 6.66. The molecule has 0 spiro atoms. The highest BCUT2D eigenvalue weighted by atomic mass is 19.1. The van der Waals surface area contributed by atoms with Crippen molar-refractivity contribution in [3.63, 3.8) is 0 Å². The van der Waals surface area contributed by atoms with E-state index in [1.165, 1.54) is 17.8 Å². The van der Waals surface area contributed by atoms with Gasteiger partial charge < -0.3 is 10.1 Å². The molecule has 1 aromatic heterocycles. The fourth-order valence-electron chi connectivity index (χ4n) is 2.06. The molecule has 0 aliphatic carbocycles. The van der Waals surface area contributed by atoms with Crippen molar-refractivity contribution in [3.8, 4) is 5.75 Å². The maximum atomic E-state index is 12.8. The molecule has 4 heteroatoms. The van der Waals surface area contributed by atoms with Crippen LogP contribution in [0.4, 0.5) is 4.39 Å². The van der Waals surface area contributed by atoms with Crippen LogP contribution in [0.5, 0.6) is 5.75 Å². The van der Waals surface area contributed by atoms with E-state index in [1.54, 1.807) is 6.07 Å². The van der Waals surface area contributed by atoms with Gasteiger partial charge >= 0.3 is 0 Å². The Labute approximate surface area is 125 Å². The van der Waals surface area contributed by atoms with E-state index in [-0.39, 0.29) is 17.9 Å². The van der Waals surface area contributed by atoms with Crippen LogP contribution < -0.4 is 10.1 Å². The number of ether oxygens (including phenoxy) is 1. The highest BCUT2D eigenvalue weighted by Gasteiger charge is 2.11. The van der Waals surface area contributed by atoms with E-state index in [1.807, 2.05) is 45.0 Å².